The van der Waals surface area contributed by atoms with Gasteiger partial charge in [0.05, 0.1) is 0 Å². The molecule has 0 saturated carbocycles. The fraction of sp³-hybridized carbons (Fsp3) is 0.333. The van der Waals surface area contributed by atoms with Crippen molar-refractivity contribution < 1.29 is 14.1 Å². The molecule has 1 atom stereocenters. The van der Waals surface area contributed by atoms with Gasteiger partial charge in [0.2, 0.25) is 7.14 Å². The second-order valence-corrected chi connectivity index (χ2v) is 7.61. The zero-order valence-electron chi connectivity index (χ0n) is 9.75. The summed E-state index contributed by atoms with van der Waals surface area (Å²) in [5.74, 6) is -0.327. The van der Waals surface area contributed by atoms with Crippen LogP contribution in [0.2, 0.25) is 0 Å². The zero-order chi connectivity index (χ0) is 12.7. The van der Waals surface area contributed by atoms with Crippen LogP contribution in [-0.4, -0.2) is 22.2 Å². The van der Waals surface area contributed by atoms with Crippen molar-refractivity contribution in [2.75, 3.05) is 6.16 Å². The molecule has 1 saturated heterocycles. The third-order valence-corrected chi connectivity index (χ3v) is 6.39. The summed E-state index contributed by atoms with van der Waals surface area (Å²) in [4.78, 5) is 15.0. The Bertz CT molecular complexity index is 571. The summed E-state index contributed by atoms with van der Waals surface area (Å²) < 4.78 is 12.9. The van der Waals surface area contributed by atoms with Gasteiger partial charge in [-0.1, -0.05) is 44.2 Å². The van der Waals surface area contributed by atoms with Gasteiger partial charge in [-0.05, 0) is 0 Å². The van der Waals surface area contributed by atoms with Crippen LogP contribution in [0.1, 0.15) is 13.8 Å². The molecule has 0 bridgehead atoms. The monoisotopic (exact) mass is 248 g/mol. The number of carbonyl (C=O) groups excluding carboxylic acids is 1. The molecule has 1 aromatic rings. The van der Waals surface area contributed by atoms with Crippen LogP contribution in [0.15, 0.2) is 30.3 Å². The van der Waals surface area contributed by atoms with Crippen molar-refractivity contribution in [3.63, 3.8) is 0 Å². The summed E-state index contributed by atoms with van der Waals surface area (Å²) in [6, 6.07) is 8.76. The SMILES string of the molecule is CC1(C)CP(=O)(c2ccccc2)C(=[N+]=[N-])C1=O. The van der Waals surface area contributed by atoms with Crippen molar-refractivity contribution in [1.29, 1.82) is 0 Å². The first-order valence-corrected chi connectivity index (χ1v) is 7.23. The first kappa shape index (κ1) is 12.0. The second-order valence-electron chi connectivity index (χ2n) is 4.87. The van der Waals surface area contributed by atoms with Gasteiger partial charge in [0.25, 0.3) is 5.78 Å². The molecule has 2 rings (SSSR count). The molecule has 1 aromatic carbocycles. The van der Waals surface area contributed by atoms with E-state index in [9.17, 15) is 9.36 Å². The van der Waals surface area contributed by atoms with Crippen LogP contribution in [0.25, 0.3) is 5.53 Å². The first-order valence-electron chi connectivity index (χ1n) is 5.34. The Balaban J connectivity index is 2.65. The van der Waals surface area contributed by atoms with E-state index >= 15 is 0 Å². The lowest BCUT2D eigenvalue weighted by atomic mass is 9.92. The minimum atomic E-state index is -3.06. The maximum absolute atomic E-state index is 12.9. The van der Waals surface area contributed by atoms with Crippen LogP contribution in [0, 0.1) is 5.41 Å². The third-order valence-electron chi connectivity index (χ3n) is 3.05. The molecule has 5 heteroatoms. The minimum absolute atomic E-state index is 0.172. The van der Waals surface area contributed by atoms with Crippen LogP contribution in [-0.2, 0) is 9.36 Å². The normalized spacial score (nSPS) is 26.9. The van der Waals surface area contributed by atoms with Gasteiger partial charge in [-0.15, -0.1) is 0 Å². The summed E-state index contributed by atoms with van der Waals surface area (Å²) in [7, 11) is -3.06. The van der Waals surface area contributed by atoms with Crippen molar-refractivity contribution in [2.24, 2.45) is 5.41 Å². The predicted molar refractivity (Wildman–Crippen MR) is 66.0 cm³/mol. The number of hydrogen-bond donors (Lipinski definition) is 0. The number of hydrogen-bond acceptors (Lipinski definition) is 2. The highest BCUT2D eigenvalue weighted by atomic mass is 31.2. The minimum Gasteiger partial charge on any atom is -0.360 e. The van der Waals surface area contributed by atoms with Crippen LogP contribution in [0.4, 0.5) is 0 Å². The van der Waals surface area contributed by atoms with E-state index in [2.05, 4.69) is 4.79 Å². The Morgan fingerprint density at radius 1 is 1.29 bits per heavy atom. The summed E-state index contributed by atoms with van der Waals surface area (Å²) in [6.45, 7) is 3.45. The van der Waals surface area contributed by atoms with Crippen molar-refractivity contribution in [2.45, 2.75) is 13.8 Å². The molecule has 1 aliphatic heterocycles. The van der Waals surface area contributed by atoms with Crippen LogP contribution < -0.4 is 5.30 Å². The van der Waals surface area contributed by atoms with Crippen molar-refractivity contribution in [3.8, 4) is 0 Å². The first-order chi connectivity index (χ1) is 7.92. The standard InChI is InChI=1S/C12H13N2O2P/c1-12(2)8-17(16,11(14-13)10(12)15)9-6-4-3-5-7-9/h3-7H,8H2,1-2H3. The molecule has 17 heavy (non-hydrogen) atoms. The molecule has 1 unspecified atom stereocenters. The van der Waals surface area contributed by atoms with Gasteiger partial charge in [-0.3, -0.25) is 4.79 Å². The average molecular weight is 248 g/mol. The molecule has 0 N–H and O–H groups in total. The fourth-order valence-corrected chi connectivity index (χ4v) is 5.43. The summed E-state index contributed by atoms with van der Waals surface area (Å²) >= 11 is 0. The number of rotatable bonds is 1. The third kappa shape index (κ3) is 1.70. The smallest absolute Gasteiger partial charge is 0.360 e. The maximum Gasteiger partial charge on any atom is 0.394 e. The van der Waals surface area contributed by atoms with E-state index in [0.717, 1.165) is 0 Å². The fourth-order valence-electron chi connectivity index (χ4n) is 2.17. The van der Waals surface area contributed by atoms with E-state index in [1.165, 1.54) is 0 Å². The number of carbonyl (C=O) groups is 1. The molecule has 1 fully saturated rings. The number of benzene rings is 1. The highest BCUT2D eigenvalue weighted by Crippen LogP contribution is 2.57. The molecule has 88 valence electrons. The second kappa shape index (κ2) is 3.76. The zero-order valence-corrected chi connectivity index (χ0v) is 10.6. The lowest BCUT2D eigenvalue weighted by molar-refractivity contribution is -0.122. The van der Waals surface area contributed by atoms with Crippen LogP contribution in [0.3, 0.4) is 0 Å². The van der Waals surface area contributed by atoms with Crippen molar-refractivity contribution >= 4 is 23.7 Å². The molecular formula is C12H13N2O2P. The van der Waals surface area contributed by atoms with Crippen LogP contribution in [0.5, 0.6) is 0 Å². The van der Waals surface area contributed by atoms with Crippen molar-refractivity contribution in [3.05, 3.63) is 35.9 Å². The maximum atomic E-state index is 12.9. The summed E-state index contributed by atoms with van der Waals surface area (Å²) in [5, 5.41) is 0.576. The van der Waals surface area contributed by atoms with E-state index in [1.54, 1.807) is 38.1 Å². The Kier molecular flexibility index (Phi) is 2.65. The lowest BCUT2D eigenvalue weighted by Crippen LogP contribution is -2.23. The predicted octanol–water partition coefficient (Wildman–Crippen LogP) is 1.91. The van der Waals surface area contributed by atoms with Gasteiger partial charge >= 0.3 is 5.45 Å². The van der Waals surface area contributed by atoms with Gasteiger partial charge in [0.1, 0.15) is 0 Å². The Morgan fingerprint density at radius 3 is 2.41 bits per heavy atom. The number of ketones is 1. The Labute approximate surface area is 99.6 Å². The summed E-state index contributed by atoms with van der Waals surface area (Å²) in [5.41, 5.74) is 8.06. The van der Waals surface area contributed by atoms with E-state index in [-0.39, 0.29) is 17.4 Å². The topological polar surface area (TPSA) is 70.5 Å². The van der Waals surface area contributed by atoms with E-state index in [0.29, 0.717) is 5.30 Å². The van der Waals surface area contributed by atoms with Gasteiger partial charge < -0.3 is 10.1 Å². The molecular weight excluding hydrogens is 235 g/mol. The molecule has 0 aromatic heterocycles. The van der Waals surface area contributed by atoms with E-state index in [1.807, 2.05) is 6.07 Å². The number of nitrogens with zero attached hydrogens (tertiary/aromatic N) is 2. The highest BCUT2D eigenvalue weighted by Gasteiger charge is 2.59. The Hall–Kier alpha value is -1.50. The quantitative estimate of drug-likeness (QED) is 0.432. The average Bonchev–Trinajstić information content (AvgIpc) is 2.47. The largest absolute Gasteiger partial charge is 0.394 e. The Morgan fingerprint density at radius 2 is 1.88 bits per heavy atom. The van der Waals surface area contributed by atoms with Gasteiger partial charge in [-0.25, -0.2) is 0 Å². The highest BCUT2D eigenvalue weighted by molar-refractivity contribution is 7.90. The van der Waals surface area contributed by atoms with Gasteiger partial charge in [-0.2, -0.15) is 4.79 Å². The van der Waals surface area contributed by atoms with Crippen LogP contribution >= 0.6 is 7.14 Å². The molecule has 0 aliphatic carbocycles. The molecule has 1 aliphatic rings. The molecule has 0 amide bonds. The van der Waals surface area contributed by atoms with Gasteiger partial charge in [0.15, 0.2) is 0 Å². The van der Waals surface area contributed by atoms with E-state index in [4.69, 9.17) is 5.53 Å². The molecule has 4 nitrogen and oxygen atoms in total. The number of Topliss-reactive ketones (excluding diaryl/α,β-unsaturated/α-hetero) is 1. The van der Waals surface area contributed by atoms with Crippen molar-refractivity contribution in [1.82, 2.24) is 0 Å². The molecule has 1 heterocycles. The lowest BCUT2D eigenvalue weighted by Gasteiger charge is -2.12. The molecule has 0 radical (unpaired) electrons. The summed E-state index contributed by atoms with van der Waals surface area (Å²) in [6.07, 6.45) is 0.224. The molecule has 0 spiro atoms. The van der Waals surface area contributed by atoms with Gasteiger partial charge in [0, 0.05) is 16.9 Å². The van der Waals surface area contributed by atoms with E-state index < -0.39 is 12.6 Å².